The van der Waals surface area contributed by atoms with Crippen molar-refractivity contribution in [1.29, 1.82) is 0 Å². The van der Waals surface area contributed by atoms with Gasteiger partial charge in [0.05, 0.1) is 8.68 Å². The largest absolute Gasteiger partial charge is 0.241 e. The quantitative estimate of drug-likeness (QED) is 0.924. The minimum absolute atomic E-state index is 0.367. The monoisotopic (exact) mass is 283 g/mol. The molecule has 0 fully saturated rings. The lowest BCUT2D eigenvalue weighted by Crippen LogP contribution is -2.23. The summed E-state index contributed by atoms with van der Waals surface area (Å²) in [5, 5.41) is 0. The fourth-order valence-electron chi connectivity index (χ4n) is 0.965. The average Bonchev–Trinajstić information content (AvgIpc) is 2.30. The normalized spacial score (nSPS) is 11.9. The van der Waals surface area contributed by atoms with Gasteiger partial charge in [0.15, 0.2) is 0 Å². The number of aryl methyl sites for hydroxylation is 1. The van der Waals surface area contributed by atoms with Gasteiger partial charge in [-0.25, -0.2) is 13.1 Å². The van der Waals surface area contributed by atoms with Crippen LogP contribution in [0.3, 0.4) is 0 Å². The van der Waals surface area contributed by atoms with Gasteiger partial charge in [-0.05, 0) is 28.9 Å². The smallest absolute Gasteiger partial charge is 0.211 e. The lowest BCUT2D eigenvalue weighted by Gasteiger charge is -2.01. The van der Waals surface area contributed by atoms with Crippen molar-refractivity contribution in [3.63, 3.8) is 0 Å². The summed E-state index contributed by atoms with van der Waals surface area (Å²) in [5.74, 6) is 0. The standard InChI is InChI=1S/C7H10BrNO2S2/c1-3-9-13(10,11)6-4-7(8)12-5(6)2/h4,9H,3H2,1-2H3. The van der Waals surface area contributed by atoms with Crippen molar-refractivity contribution in [2.75, 3.05) is 6.54 Å². The van der Waals surface area contributed by atoms with Crippen molar-refractivity contribution in [2.24, 2.45) is 0 Å². The molecule has 0 bridgehead atoms. The molecule has 74 valence electrons. The Labute approximate surface area is 90.3 Å². The average molecular weight is 284 g/mol. The number of sulfonamides is 1. The Morgan fingerprint density at radius 3 is 2.62 bits per heavy atom. The van der Waals surface area contributed by atoms with E-state index >= 15 is 0 Å². The molecule has 13 heavy (non-hydrogen) atoms. The second kappa shape index (κ2) is 4.08. The van der Waals surface area contributed by atoms with Gasteiger partial charge in [0, 0.05) is 11.4 Å². The Hall–Kier alpha value is 0.0900. The second-order valence-corrected chi connectivity index (χ2v) is 6.84. The molecule has 0 unspecified atom stereocenters. The second-order valence-electron chi connectivity index (χ2n) is 2.47. The molecule has 1 aromatic heterocycles. The maximum atomic E-state index is 11.5. The Bertz CT molecular complexity index is 397. The van der Waals surface area contributed by atoms with Crippen LogP contribution in [-0.2, 0) is 10.0 Å². The summed E-state index contributed by atoms with van der Waals surface area (Å²) >= 11 is 4.67. The first-order valence-corrected chi connectivity index (χ1v) is 6.82. The molecule has 1 heterocycles. The van der Waals surface area contributed by atoms with E-state index in [1.54, 1.807) is 19.9 Å². The maximum Gasteiger partial charge on any atom is 0.241 e. The van der Waals surface area contributed by atoms with Gasteiger partial charge in [-0.3, -0.25) is 0 Å². The topological polar surface area (TPSA) is 46.2 Å². The van der Waals surface area contributed by atoms with Crippen molar-refractivity contribution >= 4 is 37.3 Å². The zero-order valence-corrected chi connectivity index (χ0v) is 10.5. The van der Waals surface area contributed by atoms with Crippen molar-refractivity contribution in [2.45, 2.75) is 18.7 Å². The molecule has 0 saturated carbocycles. The van der Waals surface area contributed by atoms with E-state index in [1.165, 1.54) is 11.3 Å². The first-order chi connectivity index (χ1) is 5.97. The van der Waals surface area contributed by atoms with Crippen molar-refractivity contribution < 1.29 is 8.42 Å². The SMILES string of the molecule is CCNS(=O)(=O)c1cc(Br)sc1C. The first-order valence-electron chi connectivity index (χ1n) is 3.73. The molecule has 0 aliphatic rings. The number of hydrogen-bond acceptors (Lipinski definition) is 3. The van der Waals surface area contributed by atoms with Crippen LogP contribution in [0.25, 0.3) is 0 Å². The highest BCUT2D eigenvalue weighted by molar-refractivity contribution is 9.11. The van der Waals surface area contributed by atoms with Crippen LogP contribution in [0.2, 0.25) is 0 Å². The van der Waals surface area contributed by atoms with Gasteiger partial charge >= 0.3 is 0 Å². The van der Waals surface area contributed by atoms with Gasteiger partial charge in [0.2, 0.25) is 10.0 Å². The number of nitrogens with one attached hydrogen (secondary N) is 1. The van der Waals surface area contributed by atoms with Crippen molar-refractivity contribution in [1.82, 2.24) is 4.72 Å². The molecular formula is C7H10BrNO2S2. The van der Waals surface area contributed by atoms with Crippen LogP contribution in [0.15, 0.2) is 14.7 Å². The molecule has 1 N–H and O–H groups in total. The summed E-state index contributed by atoms with van der Waals surface area (Å²) in [6, 6.07) is 1.62. The van der Waals surface area contributed by atoms with Crippen LogP contribution in [0, 0.1) is 6.92 Å². The lowest BCUT2D eigenvalue weighted by atomic mass is 10.5. The van der Waals surface area contributed by atoms with Crippen LogP contribution in [0.4, 0.5) is 0 Å². The van der Waals surface area contributed by atoms with Gasteiger partial charge in [0.1, 0.15) is 0 Å². The van der Waals surface area contributed by atoms with Gasteiger partial charge < -0.3 is 0 Å². The van der Waals surface area contributed by atoms with Crippen LogP contribution < -0.4 is 4.72 Å². The molecule has 0 aliphatic carbocycles. The van der Waals surface area contributed by atoms with Gasteiger partial charge in [-0.15, -0.1) is 11.3 Å². The predicted molar refractivity (Wildman–Crippen MR) is 57.6 cm³/mol. The van der Waals surface area contributed by atoms with Gasteiger partial charge in [-0.1, -0.05) is 6.92 Å². The first kappa shape index (κ1) is 11.2. The highest BCUT2D eigenvalue weighted by atomic mass is 79.9. The van der Waals surface area contributed by atoms with E-state index in [0.29, 0.717) is 11.4 Å². The van der Waals surface area contributed by atoms with E-state index in [1.807, 2.05) is 0 Å². The molecular weight excluding hydrogens is 274 g/mol. The molecule has 0 radical (unpaired) electrons. The van der Waals surface area contributed by atoms with E-state index in [2.05, 4.69) is 20.7 Å². The summed E-state index contributed by atoms with van der Waals surface area (Å²) in [6.45, 7) is 3.96. The Balaban J connectivity index is 3.14. The minimum atomic E-state index is -3.29. The number of thiophene rings is 1. The molecule has 1 aromatic rings. The molecule has 0 spiro atoms. The van der Waals surface area contributed by atoms with Gasteiger partial charge in [-0.2, -0.15) is 0 Å². The molecule has 3 nitrogen and oxygen atoms in total. The van der Waals surface area contributed by atoms with Crippen LogP contribution in [0.1, 0.15) is 11.8 Å². The number of hydrogen-bond donors (Lipinski definition) is 1. The van der Waals surface area contributed by atoms with Crippen molar-refractivity contribution in [3.05, 3.63) is 14.7 Å². The van der Waals surface area contributed by atoms with Crippen molar-refractivity contribution in [3.8, 4) is 0 Å². The zero-order chi connectivity index (χ0) is 10.1. The predicted octanol–water partition coefficient (Wildman–Crippen LogP) is 2.12. The lowest BCUT2D eigenvalue weighted by molar-refractivity contribution is 0.584. The molecule has 0 aliphatic heterocycles. The summed E-state index contributed by atoms with van der Waals surface area (Å²) < 4.78 is 26.4. The van der Waals surface area contributed by atoms with E-state index in [0.717, 1.165) is 8.66 Å². The van der Waals surface area contributed by atoms with Gasteiger partial charge in [0.25, 0.3) is 0 Å². The summed E-state index contributed by atoms with van der Waals surface area (Å²) in [4.78, 5) is 1.17. The minimum Gasteiger partial charge on any atom is -0.211 e. The Morgan fingerprint density at radius 2 is 2.23 bits per heavy atom. The molecule has 0 aromatic carbocycles. The van der Waals surface area contributed by atoms with Crippen LogP contribution >= 0.6 is 27.3 Å². The Kier molecular flexibility index (Phi) is 3.50. The third-order valence-electron chi connectivity index (χ3n) is 1.47. The zero-order valence-electron chi connectivity index (χ0n) is 7.30. The fourth-order valence-corrected chi connectivity index (χ4v) is 4.42. The number of rotatable bonds is 3. The molecule has 6 heteroatoms. The third kappa shape index (κ3) is 2.52. The highest BCUT2D eigenvalue weighted by Crippen LogP contribution is 2.29. The number of halogens is 1. The fraction of sp³-hybridized carbons (Fsp3) is 0.429. The third-order valence-corrected chi connectivity index (χ3v) is 4.82. The van der Waals surface area contributed by atoms with E-state index < -0.39 is 10.0 Å². The maximum absolute atomic E-state index is 11.5. The molecule has 0 amide bonds. The van der Waals surface area contributed by atoms with E-state index in [4.69, 9.17) is 0 Å². The van der Waals surface area contributed by atoms with E-state index in [-0.39, 0.29) is 0 Å². The summed E-state index contributed by atoms with van der Waals surface area (Å²) in [5.41, 5.74) is 0. The molecule has 0 atom stereocenters. The summed E-state index contributed by atoms with van der Waals surface area (Å²) in [7, 11) is -3.29. The summed E-state index contributed by atoms with van der Waals surface area (Å²) in [6.07, 6.45) is 0. The van der Waals surface area contributed by atoms with Crippen LogP contribution in [0.5, 0.6) is 0 Å². The van der Waals surface area contributed by atoms with Crippen LogP contribution in [-0.4, -0.2) is 15.0 Å². The molecule has 0 saturated heterocycles. The highest BCUT2D eigenvalue weighted by Gasteiger charge is 2.17. The van der Waals surface area contributed by atoms with E-state index in [9.17, 15) is 8.42 Å². The Morgan fingerprint density at radius 1 is 1.62 bits per heavy atom. The molecule has 1 rings (SSSR count).